The summed E-state index contributed by atoms with van der Waals surface area (Å²) in [7, 11) is -3.47. The van der Waals surface area contributed by atoms with Crippen LogP contribution in [0.1, 0.15) is 38.2 Å². The minimum Gasteiger partial charge on any atom is -0.395 e. The maximum absolute atomic E-state index is 12.3. The number of rotatable bonds is 6. The Morgan fingerprint density at radius 3 is 2.95 bits per heavy atom. The molecule has 114 valence electrons. The van der Waals surface area contributed by atoms with Gasteiger partial charge in [0.2, 0.25) is 10.0 Å². The van der Waals surface area contributed by atoms with E-state index < -0.39 is 10.0 Å². The van der Waals surface area contributed by atoms with Crippen molar-refractivity contribution in [1.29, 1.82) is 0 Å². The maximum Gasteiger partial charge on any atom is 0.240 e. The third-order valence-corrected chi connectivity index (χ3v) is 4.99. The monoisotopic (exact) mass is 307 g/mol. The number of hydrogen-bond donors (Lipinski definition) is 2. The van der Waals surface area contributed by atoms with Crippen molar-refractivity contribution in [1.82, 2.24) is 4.72 Å². The van der Waals surface area contributed by atoms with Gasteiger partial charge in [-0.05, 0) is 37.0 Å². The molecule has 0 spiro atoms. The van der Waals surface area contributed by atoms with E-state index in [4.69, 9.17) is 5.11 Å². The van der Waals surface area contributed by atoms with Crippen LogP contribution >= 0.6 is 0 Å². The highest BCUT2D eigenvalue weighted by atomic mass is 32.2. The zero-order valence-corrected chi connectivity index (χ0v) is 13.0. The molecule has 4 nitrogen and oxygen atoms in total. The third kappa shape index (κ3) is 4.57. The van der Waals surface area contributed by atoms with Crippen molar-refractivity contribution in [3.05, 3.63) is 29.8 Å². The Labute approximate surface area is 126 Å². The van der Waals surface area contributed by atoms with Gasteiger partial charge in [-0.25, -0.2) is 13.1 Å². The molecule has 2 rings (SSSR count). The molecule has 0 heterocycles. The van der Waals surface area contributed by atoms with Crippen LogP contribution in [0.4, 0.5) is 0 Å². The number of sulfonamides is 1. The van der Waals surface area contributed by atoms with E-state index in [1.165, 1.54) is 0 Å². The van der Waals surface area contributed by atoms with Gasteiger partial charge in [-0.15, -0.1) is 0 Å². The van der Waals surface area contributed by atoms with Gasteiger partial charge in [0.05, 0.1) is 11.5 Å². The van der Waals surface area contributed by atoms with E-state index >= 15 is 0 Å². The molecule has 2 atom stereocenters. The topological polar surface area (TPSA) is 66.4 Å². The summed E-state index contributed by atoms with van der Waals surface area (Å²) in [6.07, 6.45) is 3.47. The summed E-state index contributed by atoms with van der Waals surface area (Å²) in [4.78, 5) is 0.250. The molecule has 0 aliphatic heterocycles. The Hall–Kier alpha value is -1.35. The largest absolute Gasteiger partial charge is 0.395 e. The van der Waals surface area contributed by atoms with Crippen LogP contribution in [0.25, 0.3) is 0 Å². The zero-order chi connectivity index (χ0) is 15.3. The Balaban J connectivity index is 2.07. The predicted molar refractivity (Wildman–Crippen MR) is 82.1 cm³/mol. The smallest absolute Gasteiger partial charge is 0.240 e. The van der Waals surface area contributed by atoms with Crippen LogP contribution in [-0.2, 0) is 10.0 Å². The van der Waals surface area contributed by atoms with Crippen molar-refractivity contribution in [2.75, 3.05) is 6.61 Å². The molecule has 1 fully saturated rings. The highest BCUT2D eigenvalue weighted by Gasteiger charge is 2.39. The molecule has 0 amide bonds. The van der Waals surface area contributed by atoms with E-state index in [0.717, 1.165) is 19.3 Å². The summed E-state index contributed by atoms with van der Waals surface area (Å²) in [6.45, 7) is 2.12. The first-order valence-electron chi connectivity index (χ1n) is 7.29. The minimum absolute atomic E-state index is 0.00699. The third-order valence-electron chi connectivity index (χ3n) is 3.50. The van der Waals surface area contributed by atoms with Gasteiger partial charge < -0.3 is 5.11 Å². The lowest BCUT2D eigenvalue weighted by Gasteiger charge is -2.06. The van der Waals surface area contributed by atoms with E-state index in [9.17, 15) is 8.42 Å². The molecular formula is C16H21NO3S. The summed E-state index contributed by atoms with van der Waals surface area (Å²) < 4.78 is 27.4. The second-order valence-electron chi connectivity index (χ2n) is 5.32. The fourth-order valence-corrected chi connectivity index (χ4v) is 3.67. The Morgan fingerprint density at radius 2 is 2.24 bits per heavy atom. The fourth-order valence-electron chi connectivity index (χ4n) is 2.31. The molecule has 0 bridgehead atoms. The van der Waals surface area contributed by atoms with Crippen LogP contribution in [-0.4, -0.2) is 26.2 Å². The summed E-state index contributed by atoms with van der Waals surface area (Å²) in [6, 6.07) is 6.69. The van der Waals surface area contributed by atoms with Crippen LogP contribution in [0.2, 0.25) is 0 Å². The number of benzene rings is 1. The lowest BCUT2D eigenvalue weighted by atomic mass is 10.2. The van der Waals surface area contributed by atoms with Gasteiger partial charge in [0.15, 0.2) is 0 Å². The molecule has 0 aromatic heterocycles. The lowest BCUT2D eigenvalue weighted by Crippen LogP contribution is -2.27. The molecule has 2 N–H and O–H groups in total. The second kappa shape index (κ2) is 7.08. The number of aliphatic hydroxyl groups is 1. The van der Waals surface area contributed by atoms with Crippen LogP contribution in [0.3, 0.4) is 0 Å². The molecule has 21 heavy (non-hydrogen) atoms. The van der Waals surface area contributed by atoms with E-state index in [1.54, 1.807) is 24.3 Å². The standard InChI is InChI=1S/C16H21NO3S/c1-2-6-14-12-16(14)17-21(19,20)15-9-5-8-13(11-15)7-3-4-10-18/h5,8-9,11,14,16-18H,2,4,6,10,12H2,1H3. The van der Waals surface area contributed by atoms with Crippen molar-refractivity contribution in [2.24, 2.45) is 5.92 Å². The zero-order valence-electron chi connectivity index (χ0n) is 12.2. The van der Waals surface area contributed by atoms with Crippen molar-refractivity contribution >= 4 is 10.0 Å². The summed E-state index contributed by atoms with van der Waals surface area (Å²) in [5.41, 5.74) is 0.646. The molecule has 1 aromatic carbocycles. The van der Waals surface area contributed by atoms with E-state index in [-0.39, 0.29) is 17.5 Å². The van der Waals surface area contributed by atoms with Gasteiger partial charge in [0, 0.05) is 18.0 Å². The van der Waals surface area contributed by atoms with E-state index in [2.05, 4.69) is 23.5 Å². The predicted octanol–water partition coefficient (Wildman–Crippen LogP) is 1.89. The fraction of sp³-hybridized carbons (Fsp3) is 0.500. The highest BCUT2D eigenvalue weighted by molar-refractivity contribution is 7.89. The average Bonchev–Trinajstić information content (AvgIpc) is 3.17. The van der Waals surface area contributed by atoms with Gasteiger partial charge in [0.1, 0.15) is 0 Å². The van der Waals surface area contributed by atoms with E-state index in [1.807, 2.05) is 0 Å². The van der Waals surface area contributed by atoms with Crippen LogP contribution in [0.15, 0.2) is 29.2 Å². The maximum atomic E-state index is 12.3. The quantitative estimate of drug-likeness (QED) is 0.789. The minimum atomic E-state index is -3.47. The van der Waals surface area contributed by atoms with Crippen molar-refractivity contribution in [3.8, 4) is 11.8 Å². The first-order valence-corrected chi connectivity index (χ1v) is 8.77. The Bertz CT molecular complexity index is 643. The molecule has 2 unspecified atom stereocenters. The van der Waals surface area contributed by atoms with Crippen molar-refractivity contribution in [2.45, 2.75) is 43.5 Å². The summed E-state index contributed by atoms with van der Waals surface area (Å²) in [5, 5.41) is 8.69. The van der Waals surface area contributed by atoms with Crippen molar-refractivity contribution < 1.29 is 13.5 Å². The van der Waals surface area contributed by atoms with Gasteiger partial charge in [-0.3, -0.25) is 0 Å². The molecular weight excluding hydrogens is 286 g/mol. The number of nitrogens with one attached hydrogen (secondary N) is 1. The first-order chi connectivity index (χ1) is 10.1. The summed E-state index contributed by atoms with van der Waals surface area (Å²) >= 11 is 0. The van der Waals surface area contributed by atoms with Gasteiger partial charge in [-0.1, -0.05) is 31.3 Å². The lowest BCUT2D eigenvalue weighted by molar-refractivity contribution is 0.305. The molecule has 5 heteroatoms. The molecule has 0 radical (unpaired) electrons. The van der Waals surface area contributed by atoms with Gasteiger partial charge in [0.25, 0.3) is 0 Å². The molecule has 1 aromatic rings. The van der Waals surface area contributed by atoms with Gasteiger partial charge >= 0.3 is 0 Å². The average molecular weight is 307 g/mol. The number of aliphatic hydroxyl groups excluding tert-OH is 1. The van der Waals surface area contributed by atoms with E-state index in [0.29, 0.717) is 17.9 Å². The molecule has 1 saturated carbocycles. The summed E-state index contributed by atoms with van der Waals surface area (Å²) in [5.74, 6) is 6.13. The second-order valence-corrected chi connectivity index (χ2v) is 7.03. The highest BCUT2D eigenvalue weighted by Crippen LogP contribution is 2.35. The van der Waals surface area contributed by atoms with Crippen molar-refractivity contribution in [3.63, 3.8) is 0 Å². The Kier molecular flexibility index (Phi) is 5.40. The first kappa shape index (κ1) is 16.0. The Morgan fingerprint density at radius 1 is 1.43 bits per heavy atom. The SMILES string of the molecule is CCCC1CC1NS(=O)(=O)c1cccc(C#CCCO)c1. The van der Waals surface area contributed by atoms with Gasteiger partial charge in [-0.2, -0.15) is 0 Å². The molecule has 1 aliphatic carbocycles. The normalized spacial score (nSPS) is 20.7. The van der Waals surface area contributed by atoms with Crippen LogP contribution in [0, 0.1) is 17.8 Å². The molecule has 1 aliphatic rings. The van der Waals surface area contributed by atoms with Crippen LogP contribution < -0.4 is 4.72 Å². The number of hydrogen-bond acceptors (Lipinski definition) is 3. The molecule has 0 saturated heterocycles. The van der Waals surface area contributed by atoms with Crippen LogP contribution in [0.5, 0.6) is 0 Å².